The third kappa shape index (κ3) is 2.34. The Morgan fingerprint density at radius 2 is 2.27 bits per heavy atom. The highest BCUT2D eigenvalue weighted by Gasteiger charge is 2.35. The van der Waals surface area contributed by atoms with Gasteiger partial charge in [0.05, 0.1) is 12.7 Å². The van der Waals surface area contributed by atoms with Crippen LogP contribution < -0.4 is 4.57 Å². The molecule has 0 amide bonds. The van der Waals surface area contributed by atoms with Crippen LogP contribution in [-0.2, 0) is 4.74 Å². The van der Waals surface area contributed by atoms with Crippen molar-refractivity contribution in [3.63, 3.8) is 0 Å². The fraction of sp³-hybridized carbons (Fsp3) is 0.545. The fourth-order valence-electron chi connectivity index (χ4n) is 1.84. The molecule has 1 aliphatic rings. The van der Waals surface area contributed by atoms with Crippen LogP contribution in [0.4, 0.5) is 0 Å². The van der Waals surface area contributed by atoms with Gasteiger partial charge in [-0.2, -0.15) is 4.57 Å². The molecule has 0 bridgehead atoms. The molecule has 82 valence electrons. The molecule has 1 aromatic heterocycles. The van der Waals surface area contributed by atoms with Crippen LogP contribution >= 0.6 is 0 Å². The molecule has 15 heavy (non-hydrogen) atoms. The van der Waals surface area contributed by atoms with E-state index in [0.717, 1.165) is 5.56 Å². The van der Waals surface area contributed by atoms with Crippen molar-refractivity contribution in [2.45, 2.75) is 31.8 Å². The maximum Gasteiger partial charge on any atom is 0.289 e. The topological polar surface area (TPSA) is 53.6 Å². The third-order valence-corrected chi connectivity index (χ3v) is 2.57. The van der Waals surface area contributed by atoms with Gasteiger partial charge in [-0.05, 0) is 13.0 Å². The Hall–Kier alpha value is -0.970. The zero-order valence-corrected chi connectivity index (χ0v) is 8.71. The Balaban J connectivity index is 2.17. The van der Waals surface area contributed by atoms with Crippen LogP contribution in [-0.4, -0.2) is 29.0 Å². The molecular weight excluding hydrogens is 194 g/mol. The van der Waals surface area contributed by atoms with Crippen LogP contribution in [0.3, 0.4) is 0 Å². The van der Waals surface area contributed by atoms with Gasteiger partial charge < -0.3 is 14.9 Å². The van der Waals surface area contributed by atoms with E-state index in [1.807, 2.05) is 36.0 Å². The van der Waals surface area contributed by atoms with Crippen molar-refractivity contribution >= 4 is 0 Å². The Morgan fingerprint density at radius 1 is 1.47 bits per heavy atom. The largest absolute Gasteiger partial charge is 0.391 e. The molecule has 4 heteroatoms. The van der Waals surface area contributed by atoms with E-state index in [1.165, 1.54) is 0 Å². The van der Waals surface area contributed by atoms with Gasteiger partial charge in [0.2, 0.25) is 0 Å². The average Bonchev–Trinajstić information content (AvgIpc) is 2.17. The van der Waals surface area contributed by atoms with E-state index >= 15 is 0 Å². The van der Waals surface area contributed by atoms with E-state index in [-0.39, 0.29) is 12.8 Å². The summed E-state index contributed by atoms with van der Waals surface area (Å²) in [5, 5.41) is 19.1. The van der Waals surface area contributed by atoms with Crippen LogP contribution in [0.2, 0.25) is 0 Å². The second kappa shape index (κ2) is 4.26. The van der Waals surface area contributed by atoms with E-state index in [0.29, 0.717) is 6.42 Å². The molecule has 0 saturated carbocycles. The van der Waals surface area contributed by atoms with Gasteiger partial charge in [-0.15, -0.1) is 0 Å². The lowest BCUT2D eigenvalue weighted by Gasteiger charge is -2.26. The molecule has 2 N–H and O–H groups in total. The lowest BCUT2D eigenvalue weighted by Crippen LogP contribution is -2.51. The third-order valence-electron chi connectivity index (χ3n) is 2.57. The minimum atomic E-state index is -0.652. The summed E-state index contributed by atoms with van der Waals surface area (Å²) >= 11 is 0. The predicted octanol–water partition coefficient (Wildman–Crippen LogP) is -0.0768. The van der Waals surface area contributed by atoms with Crippen LogP contribution in [0, 0.1) is 6.92 Å². The quantitative estimate of drug-likeness (QED) is 0.638. The van der Waals surface area contributed by atoms with Crippen molar-refractivity contribution in [2.75, 3.05) is 6.61 Å². The van der Waals surface area contributed by atoms with Gasteiger partial charge >= 0.3 is 0 Å². The fourth-order valence-corrected chi connectivity index (χ4v) is 1.84. The zero-order valence-electron chi connectivity index (χ0n) is 8.71. The van der Waals surface area contributed by atoms with Crippen LogP contribution in [0.25, 0.3) is 0 Å². The monoisotopic (exact) mass is 210 g/mol. The Kier molecular flexibility index (Phi) is 3.00. The summed E-state index contributed by atoms with van der Waals surface area (Å²) in [4.78, 5) is 0. The zero-order chi connectivity index (χ0) is 10.8. The van der Waals surface area contributed by atoms with Crippen molar-refractivity contribution in [1.29, 1.82) is 0 Å². The number of aromatic nitrogens is 1. The maximum absolute atomic E-state index is 9.78. The van der Waals surface area contributed by atoms with Gasteiger partial charge in [0, 0.05) is 18.1 Å². The Bertz CT molecular complexity index is 342. The average molecular weight is 210 g/mol. The second-order valence-electron chi connectivity index (χ2n) is 4.01. The molecule has 1 fully saturated rings. The highest BCUT2D eigenvalue weighted by Crippen LogP contribution is 2.18. The van der Waals surface area contributed by atoms with E-state index in [9.17, 15) is 10.2 Å². The van der Waals surface area contributed by atoms with Crippen molar-refractivity contribution < 1.29 is 19.5 Å². The molecule has 0 radical (unpaired) electrons. The van der Waals surface area contributed by atoms with E-state index < -0.39 is 12.2 Å². The number of aliphatic hydroxyl groups is 2. The van der Waals surface area contributed by atoms with Gasteiger partial charge in [0.15, 0.2) is 12.4 Å². The number of aryl methyl sites for hydroxylation is 1. The van der Waals surface area contributed by atoms with Gasteiger partial charge in [0.1, 0.15) is 6.10 Å². The first kappa shape index (κ1) is 10.5. The molecule has 1 aliphatic heterocycles. The summed E-state index contributed by atoms with van der Waals surface area (Å²) in [5.41, 5.74) is 1.11. The predicted molar refractivity (Wildman–Crippen MR) is 53.0 cm³/mol. The normalized spacial score (nSPS) is 31.5. The number of aliphatic hydroxyl groups excluding tert-OH is 2. The second-order valence-corrected chi connectivity index (χ2v) is 4.01. The van der Waals surface area contributed by atoms with Crippen molar-refractivity contribution in [1.82, 2.24) is 0 Å². The first-order valence-corrected chi connectivity index (χ1v) is 5.12. The minimum absolute atomic E-state index is 0.280. The number of hydrogen-bond donors (Lipinski definition) is 2. The summed E-state index contributed by atoms with van der Waals surface area (Å²) < 4.78 is 7.25. The summed E-state index contributed by atoms with van der Waals surface area (Å²) in [7, 11) is 0. The van der Waals surface area contributed by atoms with Gasteiger partial charge in [-0.1, -0.05) is 0 Å². The maximum atomic E-state index is 9.78. The molecule has 0 aliphatic carbocycles. The van der Waals surface area contributed by atoms with Gasteiger partial charge in [-0.3, -0.25) is 0 Å². The molecule has 4 nitrogen and oxygen atoms in total. The van der Waals surface area contributed by atoms with Crippen molar-refractivity contribution in [3.8, 4) is 0 Å². The first-order chi connectivity index (χ1) is 7.16. The highest BCUT2D eigenvalue weighted by atomic mass is 16.5. The lowest BCUT2D eigenvalue weighted by atomic mass is 10.1. The number of rotatable bonds is 1. The number of pyridine rings is 1. The number of hydrogen-bond acceptors (Lipinski definition) is 3. The van der Waals surface area contributed by atoms with Gasteiger partial charge in [0.25, 0.3) is 6.23 Å². The SMILES string of the molecule is Cc1ccc[n+]([C@@H]2OCC(O)CC2O)c1. The van der Waals surface area contributed by atoms with Gasteiger partial charge in [-0.25, -0.2) is 0 Å². The molecule has 0 aromatic carbocycles. The molecule has 1 saturated heterocycles. The molecular formula is C11H16NO3+. The Labute approximate surface area is 88.7 Å². The van der Waals surface area contributed by atoms with Crippen LogP contribution in [0.5, 0.6) is 0 Å². The molecule has 2 rings (SSSR count). The van der Waals surface area contributed by atoms with Crippen LogP contribution in [0.15, 0.2) is 24.5 Å². The smallest absolute Gasteiger partial charge is 0.289 e. The van der Waals surface area contributed by atoms with Crippen LogP contribution in [0.1, 0.15) is 18.2 Å². The minimum Gasteiger partial charge on any atom is -0.391 e. The first-order valence-electron chi connectivity index (χ1n) is 5.12. The number of nitrogens with zero attached hydrogens (tertiary/aromatic N) is 1. The molecule has 2 unspecified atom stereocenters. The summed E-state index contributed by atoms with van der Waals surface area (Å²) in [6.45, 7) is 2.27. The molecule has 3 atom stereocenters. The standard InChI is InChI=1S/C11H16NO3/c1-8-3-2-4-12(6-8)11-10(14)5-9(13)7-15-11/h2-4,6,9-11,13-14H,5,7H2,1H3/q+1/t9?,10?,11-/m1/s1. The summed E-state index contributed by atoms with van der Waals surface area (Å²) in [6, 6.07) is 3.90. The number of ether oxygens (including phenoxy) is 1. The molecule has 2 heterocycles. The van der Waals surface area contributed by atoms with E-state index in [4.69, 9.17) is 4.74 Å². The lowest BCUT2D eigenvalue weighted by molar-refractivity contribution is -0.773. The molecule has 0 spiro atoms. The van der Waals surface area contributed by atoms with E-state index in [1.54, 1.807) is 0 Å². The highest BCUT2D eigenvalue weighted by molar-refractivity contribution is 5.01. The Morgan fingerprint density at radius 3 is 2.93 bits per heavy atom. The van der Waals surface area contributed by atoms with E-state index in [2.05, 4.69) is 0 Å². The van der Waals surface area contributed by atoms with Crippen molar-refractivity contribution in [3.05, 3.63) is 30.1 Å². The molecule has 1 aromatic rings. The summed E-state index contributed by atoms with van der Waals surface area (Å²) in [6.07, 6.45) is 2.56. The summed E-state index contributed by atoms with van der Waals surface area (Å²) in [5.74, 6) is 0. The van der Waals surface area contributed by atoms with Crippen molar-refractivity contribution in [2.24, 2.45) is 0 Å².